The van der Waals surface area contributed by atoms with Crippen molar-refractivity contribution >= 4 is 22.8 Å². The first-order valence-electron chi connectivity index (χ1n) is 10.7. The van der Waals surface area contributed by atoms with Gasteiger partial charge in [-0.2, -0.15) is 4.98 Å². The molecule has 170 valence electrons. The van der Waals surface area contributed by atoms with E-state index in [1.807, 2.05) is 48.5 Å². The molecule has 3 N–H and O–H groups in total. The molecule has 0 radical (unpaired) electrons. The van der Waals surface area contributed by atoms with Crippen molar-refractivity contribution in [3.8, 4) is 17.0 Å². The molecule has 0 unspecified atom stereocenters. The second kappa shape index (κ2) is 9.14. The van der Waals surface area contributed by atoms with Gasteiger partial charge in [-0.25, -0.2) is 14.1 Å². The second-order valence-electron chi connectivity index (χ2n) is 7.64. The number of pyridine rings is 1. The normalized spacial score (nSPS) is 11.0. The van der Waals surface area contributed by atoms with Crippen molar-refractivity contribution in [2.75, 3.05) is 18.2 Å². The number of rotatable bonds is 7. The number of aromatic nitrogens is 5. The number of ether oxygens (including phenoxy) is 1. The number of nitrogens with zero attached hydrogens (tertiary/aromatic N) is 5. The quantitative estimate of drug-likeness (QED) is 0.377. The number of nitrogens with one attached hydrogen (secondary N) is 1. The van der Waals surface area contributed by atoms with Crippen molar-refractivity contribution in [2.24, 2.45) is 0 Å². The summed E-state index contributed by atoms with van der Waals surface area (Å²) in [4.78, 5) is 13.5. The first kappa shape index (κ1) is 21.3. The van der Waals surface area contributed by atoms with Crippen LogP contribution in [0.15, 0.2) is 72.9 Å². The molecule has 0 aliphatic carbocycles. The van der Waals surface area contributed by atoms with Crippen LogP contribution in [0.2, 0.25) is 0 Å². The summed E-state index contributed by atoms with van der Waals surface area (Å²) in [7, 11) is 1.49. The average molecular weight is 455 g/mol. The molecule has 0 saturated carbocycles. The van der Waals surface area contributed by atoms with Crippen LogP contribution in [0.1, 0.15) is 11.3 Å². The van der Waals surface area contributed by atoms with Crippen molar-refractivity contribution in [1.82, 2.24) is 24.7 Å². The summed E-state index contributed by atoms with van der Waals surface area (Å²) in [5.74, 6) is 0.589. The van der Waals surface area contributed by atoms with Crippen molar-refractivity contribution < 1.29 is 9.13 Å². The number of methoxy groups -OCH3 is 1. The lowest BCUT2D eigenvalue weighted by molar-refractivity contribution is 0.411. The molecule has 0 saturated heterocycles. The van der Waals surface area contributed by atoms with Gasteiger partial charge in [-0.1, -0.05) is 36.4 Å². The summed E-state index contributed by atoms with van der Waals surface area (Å²) in [5.41, 5.74) is 9.34. The number of benzene rings is 2. The summed E-state index contributed by atoms with van der Waals surface area (Å²) in [6.45, 7) is 0.849. The first-order chi connectivity index (χ1) is 16.6. The molecule has 0 aliphatic rings. The molecule has 9 heteroatoms. The standard InChI is InChI=1S/C25H22FN7O/c1-34-18-10-11-19(20(26)13-18)22-21-23(27)33(15-16-7-3-2-4-8-16)32-24(21)31-25(30-22)29-14-17-9-5-6-12-28-17/h2-13H,14-15,27H2,1H3,(H,29,31,32). The van der Waals surface area contributed by atoms with E-state index in [0.29, 0.717) is 47.3 Å². The Labute approximate surface area is 195 Å². The van der Waals surface area contributed by atoms with Crippen LogP contribution in [-0.2, 0) is 13.1 Å². The summed E-state index contributed by atoms with van der Waals surface area (Å²) in [5, 5.41) is 8.26. The van der Waals surface area contributed by atoms with Gasteiger partial charge in [0.1, 0.15) is 17.4 Å². The van der Waals surface area contributed by atoms with Crippen LogP contribution in [0.4, 0.5) is 16.2 Å². The zero-order chi connectivity index (χ0) is 23.5. The van der Waals surface area contributed by atoms with E-state index in [2.05, 4.69) is 25.4 Å². The van der Waals surface area contributed by atoms with E-state index < -0.39 is 5.82 Å². The largest absolute Gasteiger partial charge is 0.497 e. The second-order valence-corrected chi connectivity index (χ2v) is 7.64. The fraction of sp³-hybridized carbons (Fsp3) is 0.120. The number of anilines is 2. The molecular weight excluding hydrogens is 433 g/mol. The number of hydrogen-bond donors (Lipinski definition) is 2. The van der Waals surface area contributed by atoms with Crippen LogP contribution in [0.3, 0.4) is 0 Å². The molecule has 0 aliphatic heterocycles. The number of nitrogen functional groups attached to an aromatic ring is 1. The van der Waals surface area contributed by atoms with Crippen LogP contribution in [0.5, 0.6) is 5.75 Å². The summed E-state index contributed by atoms with van der Waals surface area (Å²) < 4.78 is 21.9. The van der Waals surface area contributed by atoms with Crippen molar-refractivity contribution in [3.05, 3.63) is 90.0 Å². The highest BCUT2D eigenvalue weighted by atomic mass is 19.1. The maximum atomic E-state index is 15.1. The molecule has 5 aromatic rings. The Kier molecular flexibility index (Phi) is 5.73. The van der Waals surface area contributed by atoms with Crippen LogP contribution in [0.25, 0.3) is 22.3 Å². The highest BCUT2D eigenvalue weighted by Crippen LogP contribution is 2.34. The summed E-state index contributed by atoms with van der Waals surface area (Å²) in [6.07, 6.45) is 1.71. The molecule has 5 rings (SSSR count). The lowest BCUT2D eigenvalue weighted by Crippen LogP contribution is -2.06. The van der Waals surface area contributed by atoms with Crippen LogP contribution in [0, 0.1) is 5.82 Å². The molecule has 3 aromatic heterocycles. The Balaban J connectivity index is 1.61. The van der Waals surface area contributed by atoms with E-state index in [4.69, 9.17) is 10.5 Å². The van der Waals surface area contributed by atoms with Gasteiger partial charge in [-0.05, 0) is 29.8 Å². The lowest BCUT2D eigenvalue weighted by atomic mass is 10.1. The van der Waals surface area contributed by atoms with E-state index in [1.54, 1.807) is 23.0 Å². The number of nitrogens with two attached hydrogens (primary N) is 1. The Morgan fingerprint density at radius 2 is 1.85 bits per heavy atom. The Hall–Kier alpha value is -4.53. The molecule has 0 fully saturated rings. The number of hydrogen-bond acceptors (Lipinski definition) is 7. The minimum atomic E-state index is -0.481. The van der Waals surface area contributed by atoms with Gasteiger partial charge in [0, 0.05) is 17.8 Å². The van der Waals surface area contributed by atoms with Crippen LogP contribution < -0.4 is 15.8 Å². The Morgan fingerprint density at radius 1 is 1.03 bits per heavy atom. The maximum absolute atomic E-state index is 15.1. The SMILES string of the molecule is COc1ccc(-c2nc(NCc3ccccn3)nc3nn(Cc4ccccc4)c(N)c23)c(F)c1. The smallest absolute Gasteiger partial charge is 0.225 e. The third kappa shape index (κ3) is 4.23. The zero-order valence-electron chi connectivity index (χ0n) is 18.4. The zero-order valence-corrected chi connectivity index (χ0v) is 18.4. The topological polar surface area (TPSA) is 104 Å². The number of fused-ring (bicyclic) bond motifs is 1. The lowest BCUT2D eigenvalue weighted by Gasteiger charge is -2.10. The predicted molar refractivity (Wildman–Crippen MR) is 129 cm³/mol. The fourth-order valence-electron chi connectivity index (χ4n) is 3.69. The van der Waals surface area contributed by atoms with Gasteiger partial charge >= 0.3 is 0 Å². The highest BCUT2D eigenvalue weighted by Gasteiger charge is 2.21. The van der Waals surface area contributed by atoms with E-state index in [9.17, 15) is 0 Å². The van der Waals surface area contributed by atoms with Crippen molar-refractivity contribution in [2.45, 2.75) is 13.1 Å². The predicted octanol–water partition coefficient (Wildman–Crippen LogP) is 4.28. The van der Waals surface area contributed by atoms with E-state index in [1.165, 1.54) is 13.2 Å². The van der Waals surface area contributed by atoms with Gasteiger partial charge < -0.3 is 15.8 Å². The minimum Gasteiger partial charge on any atom is -0.497 e. The van der Waals surface area contributed by atoms with E-state index in [0.717, 1.165) is 11.3 Å². The van der Waals surface area contributed by atoms with Crippen molar-refractivity contribution in [3.63, 3.8) is 0 Å². The van der Waals surface area contributed by atoms with Crippen molar-refractivity contribution in [1.29, 1.82) is 0 Å². The minimum absolute atomic E-state index is 0.278. The fourth-order valence-corrected chi connectivity index (χ4v) is 3.69. The van der Waals surface area contributed by atoms with Gasteiger partial charge in [0.2, 0.25) is 5.95 Å². The third-order valence-corrected chi connectivity index (χ3v) is 5.40. The molecule has 0 bridgehead atoms. The van der Waals surface area contributed by atoms with Gasteiger partial charge in [0.15, 0.2) is 5.65 Å². The monoisotopic (exact) mass is 455 g/mol. The van der Waals surface area contributed by atoms with Gasteiger partial charge in [-0.15, -0.1) is 5.10 Å². The van der Waals surface area contributed by atoms with Gasteiger partial charge in [0.05, 0.1) is 37.0 Å². The molecule has 34 heavy (non-hydrogen) atoms. The van der Waals surface area contributed by atoms with E-state index in [-0.39, 0.29) is 5.56 Å². The molecule has 3 heterocycles. The molecular formula is C25H22FN7O. The molecule has 0 atom stereocenters. The van der Waals surface area contributed by atoms with Gasteiger partial charge in [0.25, 0.3) is 0 Å². The molecule has 2 aromatic carbocycles. The molecule has 0 spiro atoms. The Morgan fingerprint density at radius 3 is 2.59 bits per heavy atom. The average Bonchev–Trinajstić information content (AvgIpc) is 3.18. The van der Waals surface area contributed by atoms with E-state index >= 15 is 4.39 Å². The Bertz CT molecular complexity index is 1440. The van der Waals surface area contributed by atoms with Gasteiger partial charge in [-0.3, -0.25) is 4.98 Å². The highest BCUT2D eigenvalue weighted by molar-refractivity contribution is 5.99. The molecule has 0 amide bonds. The third-order valence-electron chi connectivity index (χ3n) is 5.40. The summed E-state index contributed by atoms with van der Waals surface area (Å²) >= 11 is 0. The summed E-state index contributed by atoms with van der Waals surface area (Å²) in [6, 6.07) is 20.1. The first-order valence-corrected chi connectivity index (χ1v) is 10.7. The molecule has 8 nitrogen and oxygen atoms in total. The van der Waals surface area contributed by atoms with Crippen LogP contribution >= 0.6 is 0 Å². The van der Waals surface area contributed by atoms with Crippen LogP contribution in [-0.4, -0.2) is 31.8 Å². The maximum Gasteiger partial charge on any atom is 0.225 e. The number of halogens is 1.